The summed E-state index contributed by atoms with van der Waals surface area (Å²) in [7, 11) is 0. The van der Waals surface area contributed by atoms with Crippen LogP contribution >= 0.6 is 11.8 Å². The molecule has 17 heavy (non-hydrogen) atoms. The highest BCUT2D eigenvalue weighted by Crippen LogP contribution is 1.98. The van der Waals surface area contributed by atoms with Gasteiger partial charge in [-0.15, -0.1) is 6.58 Å². The lowest BCUT2D eigenvalue weighted by molar-refractivity contribution is -0.123. The molecule has 2 atom stereocenters. The summed E-state index contributed by atoms with van der Waals surface area (Å²) in [6.45, 7) is 10.6. The van der Waals surface area contributed by atoms with Crippen molar-refractivity contribution in [3.63, 3.8) is 0 Å². The van der Waals surface area contributed by atoms with Crippen molar-refractivity contribution in [3.8, 4) is 0 Å². The van der Waals surface area contributed by atoms with Gasteiger partial charge in [-0.25, -0.2) is 0 Å². The molecule has 1 amide bonds. The number of carbonyl (C=O) groups is 1. The van der Waals surface area contributed by atoms with Crippen molar-refractivity contribution < 1.29 is 4.79 Å². The van der Waals surface area contributed by atoms with Crippen molar-refractivity contribution in [1.29, 1.82) is 0 Å². The molecule has 0 bridgehead atoms. The first-order valence-electron chi connectivity index (χ1n) is 6.34. The predicted molar refractivity (Wildman–Crippen MR) is 77.5 cm³/mol. The summed E-state index contributed by atoms with van der Waals surface area (Å²) in [5, 5.41) is 6.23. The number of hydrogen-bond acceptors (Lipinski definition) is 3. The molecule has 0 aromatic rings. The molecule has 0 saturated heterocycles. The van der Waals surface area contributed by atoms with Crippen LogP contribution in [0.1, 0.15) is 33.6 Å². The quantitative estimate of drug-likeness (QED) is 0.466. The predicted octanol–water partition coefficient (Wildman–Crippen LogP) is 2.19. The second-order valence-corrected chi connectivity index (χ2v) is 5.39. The smallest absolute Gasteiger partial charge is 0.237 e. The van der Waals surface area contributed by atoms with Crippen LogP contribution in [-0.2, 0) is 4.79 Å². The van der Waals surface area contributed by atoms with Crippen LogP contribution in [0.4, 0.5) is 0 Å². The molecule has 0 radical (unpaired) electrons. The van der Waals surface area contributed by atoms with Gasteiger partial charge >= 0.3 is 0 Å². The zero-order valence-corrected chi connectivity index (χ0v) is 12.1. The SMILES string of the molecule is C=CCSCCNC(C)C(=O)NC(C)CCC. The first kappa shape index (κ1) is 16.5. The Balaban J connectivity index is 3.63. The molecule has 0 saturated carbocycles. The van der Waals surface area contributed by atoms with E-state index in [1.807, 2.05) is 31.7 Å². The highest BCUT2D eigenvalue weighted by atomic mass is 32.2. The number of hydrogen-bond donors (Lipinski definition) is 2. The van der Waals surface area contributed by atoms with Crippen LogP contribution in [0.5, 0.6) is 0 Å². The van der Waals surface area contributed by atoms with Crippen LogP contribution in [0.25, 0.3) is 0 Å². The van der Waals surface area contributed by atoms with E-state index in [1.54, 1.807) is 0 Å². The first-order valence-corrected chi connectivity index (χ1v) is 7.49. The highest BCUT2D eigenvalue weighted by molar-refractivity contribution is 7.99. The molecule has 0 spiro atoms. The van der Waals surface area contributed by atoms with E-state index < -0.39 is 0 Å². The van der Waals surface area contributed by atoms with E-state index in [2.05, 4.69) is 24.1 Å². The average Bonchev–Trinajstić information content (AvgIpc) is 2.28. The minimum Gasteiger partial charge on any atom is -0.352 e. The van der Waals surface area contributed by atoms with Gasteiger partial charge in [0, 0.05) is 24.1 Å². The van der Waals surface area contributed by atoms with Crippen LogP contribution in [0.15, 0.2) is 12.7 Å². The van der Waals surface area contributed by atoms with Crippen LogP contribution < -0.4 is 10.6 Å². The highest BCUT2D eigenvalue weighted by Gasteiger charge is 2.13. The summed E-state index contributed by atoms with van der Waals surface area (Å²) >= 11 is 1.82. The van der Waals surface area contributed by atoms with E-state index in [0.717, 1.165) is 30.9 Å². The molecular weight excluding hydrogens is 232 g/mol. The fraction of sp³-hybridized carbons (Fsp3) is 0.769. The molecular formula is C13H26N2OS. The fourth-order valence-corrected chi connectivity index (χ4v) is 2.08. The molecule has 0 rings (SSSR count). The van der Waals surface area contributed by atoms with Gasteiger partial charge in [-0.3, -0.25) is 4.79 Å². The number of amides is 1. The van der Waals surface area contributed by atoms with Crippen LogP contribution in [0, 0.1) is 0 Å². The second-order valence-electron chi connectivity index (χ2n) is 4.24. The molecule has 2 N–H and O–H groups in total. The van der Waals surface area contributed by atoms with Crippen LogP contribution in [0.3, 0.4) is 0 Å². The Morgan fingerprint density at radius 1 is 1.47 bits per heavy atom. The zero-order valence-electron chi connectivity index (χ0n) is 11.3. The zero-order chi connectivity index (χ0) is 13.1. The van der Waals surface area contributed by atoms with E-state index in [0.29, 0.717) is 0 Å². The van der Waals surface area contributed by atoms with E-state index in [-0.39, 0.29) is 18.0 Å². The van der Waals surface area contributed by atoms with Crippen molar-refractivity contribution in [3.05, 3.63) is 12.7 Å². The Morgan fingerprint density at radius 2 is 2.18 bits per heavy atom. The van der Waals surface area contributed by atoms with Crippen molar-refractivity contribution in [2.24, 2.45) is 0 Å². The summed E-state index contributed by atoms with van der Waals surface area (Å²) < 4.78 is 0. The van der Waals surface area contributed by atoms with Gasteiger partial charge in [0.2, 0.25) is 5.91 Å². The minimum atomic E-state index is -0.112. The van der Waals surface area contributed by atoms with Crippen molar-refractivity contribution >= 4 is 17.7 Å². The van der Waals surface area contributed by atoms with Gasteiger partial charge in [-0.05, 0) is 20.3 Å². The third kappa shape index (κ3) is 9.24. The lowest BCUT2D eigenvalue weighted by Crippen LogP contribution is -2.46. The lowest BCUT2D eigenvalue weighted by atomic mass is 10.2. The lowest BCUT2D eigenvalue weighted by Gasteiger charge is -2.18. The van der Waals surface area contributed by atoms with Gasteiger partial charge in [-0.1, -0.05) is 19.4 Å². The third-order valence-corrected chi connectivity index (χ3v) is 3.40. The van der Waals surface area contributed by atoms with Crippen LogP contribution in [-0.4, -0.2) is 36.0 Å². The van der Waals surface area contributed by atoms with Crippen molar-refractivity contribution in [2.45, 2.75) is 45.7 Å². The van der Waals surface area contributed by atoms with Gasteiger partial charge in [-0.2, -0.15) is 11.8 Å². The Hall–Kier alpha value is -0.480. The normalized spacial score (nSPS) is 14.1. The largest absolute Gasteiger partial charge is 0.352 e. The molecule has 0 aliphatic heterocycles. The number of rotatable bonds is 10. The molecule has 0 aromatic carbocycles. The summed E-state index contributed by atoms with van der Waals surface area (Å²) in [5.41, 5.74) is 0. The molecule has 3 nitrogen and oxygen atoms in total. The number of thioether (sulfide) groups is 1. The fourth-order valence-electron chi connectivity index (χ4n) is 1.48. The molecule has 2 unspecified atom stereocenters. The Morgan fingerprint density at radius 3 is 2.76 bits per heavy atom. The summed E-state index contributed by atoms with van der Waals surface area (Å²) in [5.74, 6) is 2.07. The summed E-state index contributed by atoms with van der Waals surface area (Å²) in [6, 6.07) is 0.158. The Labute approximate surface area is 110 Å². The van der Waals surface area contributed by atoms with E-state index in [1.165, 1.54) is 0 Å². The number of nitrogens with one attached hydrogen (secondary N) is 2. The minimum absolute atomic E-state index is 0.0969. The topological polar surface area (TPSA) is 41.1 Å². The second kappa shape index (κ2) is 10.7. The Bertz CT molecular complexity index is 221. The summed E-state index contributed by atoms with van der Waals surface area (Å²) in [6.07, 6.45) is 4.03. The van der Waals surface area contributed by atoms with Gasteiger partial charge in [0.05, 0.1) is 6.04 Å². The summed E-state index contributed by atoms with van der Waals surface area (Å²) in [4.78, 5) is 11.8. The average molecular weight is 258 g/mol. The standard InChI is InChI=1S/C13H26N2OS/c1-5-7-11(3)15-13(16)12(4)14-8-10-17-9-6-2/h6,11-12,14H,2,5,7-10H2,1,3-4H3,(H,15,16). The van der Waals surface area contributed by atoms with E-state index in [4.69, 9.17) is 0 Å². The molecule has 0 heterocycles. The molecule has 0 aliphatic carbocycles. The van der Waals surface area contributed by atoms with Crippen molar-refractivity contribution in [2.75, 3.05) is 18.1 Å². The maximum Gasteiger partial charge on any atom is 0.237 e. The molecule has 100 valence electrons. The van der Waals surface area contributed by atoms with Gasteiger partial charge < -0.3 is 10.6 Å². The van der Waals surface area contributed by atoms with Gasteiger partial charge in [0.15, 0.2) is 0 Å². The number of carbonyl (C=O) groups excluding carboxylic acids is 1. The molecule has 4 heteroatoms. The Kier molecular flexibility index (Phi) is 10.4. The molecule has 0 aromatic heterocycles. The van der Waals surface area contributed by atoms with Crippen molar-refractivity contribution in [1.82, 2.24) is 10.6 Å². The molecule has 0 aliphatic rings. The maximum absolute atomic E-state index is 11.8. The maximum atomic E-state index is 11.8. The van der Waals surface area contributed by atoms with Gasteiger partial charge in [0.1, 0.15) is 0 Å². The molecule has 0 fully saturated rings. The van der Waals surface area contributed by atoms with Gasteiger partial charge in [0.25, 0.3) is 0 Å². The van der Waals surface area contributed by atoms with E-state index >= 15 is 0 Å². The first-order chi connectivity index (χ1) is 8.11. The van der Waals surface area contributed by atoms with Crippen LogP contribution in [0.2, 0.25) is 0 Å². The third-order valence-electron chi connectivity index (χ3n) is 2.44. The monoisotopic (exact) mass is 258 g/mol. The van der Waals surface area contributed by atoms with E-state index in [9.17, 15) is 4.79 Å².